The van der Waals surface area contributed by atoms with Crippen LogP contribution in [-0.4, -0.2) is 16.1 Å². The Labute approximate surface area is 127 Å². The van der Waals surface area contributed by atoms with Crippen molar-refractivity contribution >= 4 is 43.5 Å². The second-order valence-corrected chi connectivity index (χ2v) is 5.56. The Morgan fingerprint density at radius 2 is 2.05 bits per heavy atom. The van der Waals surface area contributed by atoms with Crippen molar-refractivity contribution < 1.29 is 9.90 Å². The van der Waals surface area contributed by atoms with Crippen molar-refractivity contribution in [2.75, 3.05) is 5.32 Å². The summed E-state index contributed by atoms with van der Waals surface area (Å²) in [4.78, 5) is 15.3. The van der Waals surface area contributed by atoms with Crippen molar-refractivity contribution in [3.05, 3.63) is 56.7 Å². The van der Waals surface area contributed by atoms with Crippen LogP contribution in [0.4, 0.5) is 5.69 Å². The molecular weight excluding hydrogens is 376 g/mol. The van der Waals surface area contributed by atoms with Crippen molar-refractivity contribution in [2.45, 2.75) is 6.54 Å². The summed E-state index contributed by atoms with van der Waals surface area (Å²) in [6.07, 6.45) is 1.70. The summed E-state index contributed by atoms with van der Waals surface area (Å²) in [6.45, 7) is 0.443. The van der Waals surface area contributed by atoms with E-state index in [0.29, 0.717) is 12.2 Å². The highest BCUT2D eigenvalue weighted by atomic mass is 79.9. The summed E-state index contributed by atoms with van der Waals surface area (Å²) < 4.78 is 1.75. The lowest BCUT2D eigenvalue weighted by Gasteiger charge is -2.10. The molecular formula is C13H10Br2N2O2. The Bertz CT molecular complexity index is 617. The van der Waals surface area contributed by atoms with Gasteiger partial charge in [-0.15, -0.1) is 0 Å². The van der Waals surface area contributed by atoms with Gasteiger partial charge in [0.15, 0.2) is 0 Å². The summed E-state index contributed by atoms with van der Waals surface area (Å²) in [5, 5.41) is 12.2. The number of pyridine rings is 1. The Hall–Kier alpha value is -1.40. The van der Waals surface area contributed by atoms with Gasteiger partial charge in [0.25, 0.3) is 0 Å². The zero-order valence-corrected chi connectivity index (χ0v) is 12.9. The van der Waals surface area contributed by atoms with E-state index < -0.39 is 5.97 Å². The number of halogens is 2. The number of benzene rings is 1. The van der Waals surface area contributed by atoms with Gasteiger partial charge in [0.2, 0.25) is 0 Å². The second kappa shape index (κ2) is 6.16. The van der Waals surface area contributed by atoms with E-state index in [2.05, 4.69) is 42.2 Å². The Balaban J connectivity index is 2.17. The van der Waals surface area contributed by atoms with E-state index in [-0.39, 0.29) is 5.56 Å². The molecule has 98 valence electrons. The summed E-state index contributed by atoms with van der Waals surface area (Å²) in [6, 6.07) is 8.68. The number of para-hydroxylation sites is 1. The maximum atomic E-state index is 11.1. The maximum Gasteiger partial charge on any atom is 0.337 e. The molecule has 2 N–H and O–H groups in total. The van der Waals surface area contributed by atoms with Crippen LogP contribution in [0.2, 0.25) is 0 Å². The van der Waals surface area contributed by atoms with Gasteiger partial charge in [-0.05, 0) is 50.1 Å². The average Bonchev–Trinajstić information content (AvgIpc) is 2.38. The molecule has 2 aromatic rings. The Morgan fingerprint density at radius 3 is 2.74 bits per heavy atom. The van der Waals surface area contributed by atoms with Gasteiger partial charge in [0, 0.05) is 20.8 Å². The minimum absolute atomic E-state index is 0.246. The number of carboxylic acids is 1. The van der Waals surface area contributed by atoms with Crippen molar-refractivity contribution in [2.24, 2.45) is 0 Å². The molecule has 1 aromatic heterocycles. The predicted octanol–water partition coefficient (Wildman–Crippen LogP) is 3.92. The van der Waals surface area contributed by atoms with E-state index in [1.165, 1.54) is 0 Å². The molecule has 1 aromatic carbocycles. The van der Waals surface area contributed by atoms with Crippen molar-refractivity contribution in [1.82, 2.24) is 4.98 Å². The standard InChI is InChI=1S/C13H10Br2N2O2/c14-8-5-10(15)12(16-6-8)7-17-11-4-2-1-3-9(11)13(18)19/h1-6,17H,7H2,(H,18,19). The van der Waals surface area contributed by atoms with Gasteiger partial charge in [0.1, 0.15) is 0 Å². The number of nitrogens with one attached hydrogen (secondary N) is 1. The summed E-state index contributed by atoms with van der Waals surface area (Å²) in [5.41, 5.74) is 1.63. The molecule has 0 spiro atoms. The quantitative estimate of drug-likeness (QED) is 0.837. The SMILES string of the molecule is O=C(O)c1ccccc1NCc1ncc(Br)cc1Br. The summed E-state index contributed by atoms with van der Waals surface area (Å²) >= 11 is 6.75. The van der Waals surface area contributed by atoms with Gasteiger partial charge in [0.05, 0.1) is 17.8 Å². The molecule has 0 atom stereocenters. The first-order valence-electron chi connectivity index (χ1n) is 5.44. The molecule has 0 aliphatic carbocycles. The van der Waals surface area contributed by atoms with Gasteiger partial charge in [-0.25, -0.2) is 4.79 Å². The fourth-order valence-electron chi connectivity index (χ4n) is 1.58. The Morgan fingerprint density at radius 1 is 1.32 bits per heavy atom. The van der Waals surface area contributed by atoms with Crippen molar-refractivity contribution in [1.29, 1.82) is 0 Å². The molecule has 0 radical (unpaired) electrons. The lowest BCUT2D eigenvalue weighted by molar-refractivity contribution is 0.0698. The van der Waals surface area contributed by atoms with Crippen LogP contribution in [0.1, 0.15) is 16.1 Å². The topological polar surface area (TPSA) is 62.2 Å². The van der Waals surface area contributed by atoms with E-state index in [9.17, 15) is 4.79 Å². The van der Waals surface area contributed by atoms with Gasteiger partial charge in [-0.1, -0.05) is 12.1 Å². The minimum atomic E-state index is -0.953. The molecule has 0 aliphatic rings. The molecule has 19 heavy (non-hydrogen) atoms. The zero-order chi connectivity index (χ0) is 13.8. The van der Waals surface area contributed by atoms with E-state index in [0.717, 1.165) is 14.6 Å². The van der Waals surface area contributed by atoms with Crippen LogP contribution in [0.5, 0.6) is 0 Å². The third-order valence-corrected chi connectivity index (χ3v) is 3.61. The second-order valence-electron chi connectivity index (χ2n) is 3.79. The van der Waals surface area contributed by atoms with Crippen molar-refractivity contribution in [3.63, 3.8) is 0 Å². The van der Waals surface area contributed by atoms with Gasteiger partial charge in [-0.2, -0.15) is 0 Å². The van der Waals surface area contributed by atoms with Crippen LogP contribution in [0.15, 0.2) is 45.5 Å². The molecule has 0 bridgehead atoms. The number of carboxylic acid groups (broad SMARTS) is 1. The third-order valence-electron chi connectivity index (χ3n) is 2.49. The summed E-state index contributed by atoms with van der Waals surface area (Å²) in [5.74, 6) is -0.953. The molecule has 1 heterocycles. The molecule has 0 saturated heterocycles. The molecule has 4 nitrogen and oxygen atoms in total. The number of nitrogens with zero attached hydrogens (tertiary/aromatic N) is 1. The predicted molar refractivity (Wildman–Crippen MR) is 80.4 cm³/mol. The van der Waals surface area contributed by atoms with Crippen LogP contribution >= 0.6 is 31.9 Å². The first-order valence-corrected chi connectivity index (χ1v) is 7.02. The van der Waals surface area contributed by atoms with Crippen LogP contribution in [0, 0.1) is 0 Å². The smallest absolute Gasteiger partial charge is 0.337 e. The highest BCUT2D eigenvalue weighted by Crippen LogP contribution is 2.21. The van der Waals surface area contributed by atoms with E-state index in [1.54, 1.807) is 30.5 Å². The normalized spacial score (nSPS) is 10.2. The zero-order valence-electron chi connectivity index (χ0n) is 9.73. The van der Waals surface area contributed by atoms with E-state index in [1.807, 2.05) is 6.07 Å². The first-order chi connectivity index (χ1) is 9.08. The monoisotopic (exact) mass is 384 g/mol. The molecule has 0 saturated carbocycles. The van der Waals surface area contributed by atoms with Gasteiger partial charge < -0.3 is 10.4 Å². The molecule has 0 amide bonds. The molecule has 6 heteroatoms. The first kappa shape index (κ1) is 14.0. The Kier molecular flexibility index (Phi) is 4.55. The fourth-order valence-corrected chi connectivity index (χ4v) is 2.70. The van der Waals surface area contributed by atoms with Gasteiger partial charge in [-0.3, -0.25) is 4.98 Å². The number of rotatable bonds is 4. The highest BCUT2D eigenvalue weighted by Gasteiger charge is 2.09. The van der Waals surface area contributed by atoms with Crippen molar-refractivity contribution in [3.8, 4) is 0 Å². The maximum absolute atomic E-state index is 11.1. The van der Waals surface area contributed by atoms with Crippen LogP contribution in [-0.2, 0) is 6.54 Å². The summed E-state index contributed by atoms with van der Waals surface area (Å²) in [7, 11) is 0. The highest BCUT2D eigenvalue weighted by molar-refractivity contribution is 9.11. The lowest BCUT2D eigenvalue weighted by atomic mass is 10.2. The third kappa shape index (κ3) is 3.54. The lowest BCUT2D eigenvalue weighted by Crippen LogP contribution is -2.07. The van der Waals surface area contributed by atoms with Crippen LogP contribution < -0.4 is 5.32 Å². The molecule has 0 unspecified atom stereocenters. The number of hydrogen-bond acceptors (Lipinski definition) is 3. The number of carbonyl (C=O) groups is 1. The van der Waals surface area contributed by atoms with E-state index in [4.69, 9.17) is 5.11 Å². The van der Waals surface area contributed by atoms with Crippen LogP contribution in [0.25, 0.3) is 0 Å². The van der Waals surface area contributed by atoms with E-state index >= 15 is 0 Å². The largest absolute Gasteiger partial charge is 0.478 e. The number of anilines is 1. The number of aromatic carboxylic acids is 1. The minimum Gasteiger partial charge on any atom is -0.478 e. The molecule has 2 rings (SSSR count). The molecule has 0 aliphatic heterocycles. The average molecular weight is 386 g/mol. The number of aromatic nitrogens is 1. The number of hydrogen-bond donors (Lipinski definition) is 2. The van der Waals surface area contributed by atoms with Gasteiger partial charge >= 0.3 is 5.97 Å². The molecule has 0 fully saturated rings. The fraction of sp³-hybridized carbons (Fsp3) is 0.0769. The van der Waals surface area contributed by atoms with Crippen LogP contribution in [0.3, 0.4) is 0 Å².